The number of carbonyl (C=O) groups is 2. The highest BCUT2D eigenvalue weighted by atomic mass is 16.5. The Labute approximate surface area is 486 Å². The Hall–Kier alpha value is -2.18. The summed E-state index contributed by atoms with van der Waals surface area (Å²) in [5.41, 5.74) is 0. The molecular weight excluding hydrogens is 959 g/mol. The van der Waals surface area contributed by atoms with Crippen LogP contribution in [0.15, 0.2) is 48.6 Å². The van der Waals surface area contributed by atoms with E-state index < -0.39 is 12.1 Å². The number of aliphatic hydroxyl groups excluding tert-OH is 2. The van der Waals surface area contributed by atoms with E-state index in [0.29, 0.717) is 19.4 Å². The van der Waals surface area contributed by atoms with E-state index in [9.17, 15) is 19.8 Å². The number of amides is 1. The Kier molecular flexibility index (Phi) is 65.4. The lowest BCUT2D eigenvalue weighted by atomic mass is 10.0. The lowest BCUT2D eigenvalue weighted by molar-refractivity contribution is -0.143. The van der Waals surface area contributed by atoms with Gasteiger partial charge in [0.1, 0.15) is 0 Å². The predicted octanol–water partition coefficient (Wildman–Crippen LogP) is 22.5. The summed E-state index contributed by atoms with van der Waals surface area (Å²) in [7, 11) is 0. The number of carbonyl (C=O) groups excluding carboxylic acids is 2. The lowest BCUT2D eigenvalue weighted by Crippen LogP contribution is -2.45. The number of hydrogen-bond donors (Lipinski definition) is 3. The summed E-state index contributed by atoms with van der Waals surface area (Å²) in [4.78, 5) is 24.6. The van der Waals surface area contributed by atoms with Crippen molar-refractivity contribution in [3.63, 3.8) is 0 Å². The molecule has 0 saturated carbocycles. The van der Waals surface area contributed by atoms with E-state index in [4.69, 9.17) is 4.74 Å². The van der Waals surface area contributed by atoms with Gasteiger partial charge in [-0.05, 0) is 89.9 Å². The molecule has 78 heavy (non-hydrogen) atoms. The standard InChI is InChI=1S/C72H135NO5/c1-3-5-7-9-11-13-15-17-19-21-23-29-32-36-40-44-48-52-56-60-64-70(75)69(68-74)73-71(76)65-61-57-53-49-45-41-37-33-30-27-25-24-26-28-31-35-39-43-47-51-55-59-63-67-78-72(77)66-62-58-54-50-46-42-38-34-22-20-18-16-14-12-10-8-6-4-2/h20,22,24,26-27,30,60,64,69-70,74-75H,3-19,21,23,25,28-29,31-59,61-63,65-68H2,1-2H3,(H,73,76)/b22-20-,26-24-,30-27-,64-60+. The molecule has 3 N–H and O–H groups in total. The van der Waals surface area contributed by atoms with Gasteiger partial charge in [0.15, 0.2) is 0 Å². The number of allylic oxidation sites excluding steroid dienone is 7. The fourth-order valence-electron chi connectivity index (χ4n) is 10.7. The van der Waals surface area contributed by atoms with Crippen molar-refractivity contribution in [3.8, 4) is 0 Å². The fourth-order valence-corrected chi connectivity index (χ4v) is 10.7. The number of rotatable bonds is 65. The minimum atomic E-state index is -0.853. The molecule has 0 fully saturated rings. The first-order valence-corrected chi connectivity index (χ1v) is 34.9. The third kappa shape index (κ3) is 63.0. The van der Waals surface area contributed by atoms with Gasteiger partial charge < -0.3 is 20.3 Å². The smallest absolute Gasteiger partial charge is 0.305 e. The molecule has 0 aliphatic heterocycles. The Morgan fingerprint density at radius 2 is 0.641 bits per heavy atom. The monoisotopic (exact) mass is 1090 g/mol. The van der Waals surface area contributed by atoms with Crippen molar-refractivity contribution in [2.45, 2.75) is 386 Å². The molecule has 0 aliphatic rings. The van der Waals surface area contributed by atoms with Crippen molar-refractivity contribution < 1.29 is 24.5 Å². The number of aliphatic hydroxyl groups is 2. The van der Waals surface area contributed by atoms with E-state index in [0.717, 1.165) is 64.2 Å². The van der Waals surface area contributed by atoms with Crippen LogP contribution in [0.5, 0.6) is 0 Å². The molecule has 0 aromatic rings. The van der Waals surface area contributed by atoms with E-state index in [1.165, 1.54) is 283 Å². The second kappa shape index (κ2) is 67.3. The molecular formula is C72H135NO5. The molecule has 0 saturated heterocycles. The van der Waals surface area contributed by atoms with Crippen LogP contribution in [0, 0.1) is 0 Å². The van der Waals surface area contributed by atoms with Crippen molar-refractivity contribution in [3.05, 3.63) is 48.6 Å². The molecule has 2 unspecified atom stereocenters. The Morgan fingerprint density at radius 1 is 0.359 bits per heavy atom. The number of nitrogens with one attached hydrogen (secondary N) is 1. The van der Waals surface area contributed by atoms with Crippen molar-refractivity contribution in [2.24, 2.45) is 0 Å². The zero-order valence-corrected chi connectivity index (χ0v) is 52.4. The molecule has 6 heteroatoms. The molecule has 6 nitrogen and oxygen atoms in total. The molecule has 0 bridgehead atoms. The van der Waals surface area contributed by atoms with E-state index in [2.05, 4.69) is 55.6 Å². The highest BCUT2D eigenvalue weighted by Crippen LogP contribution is 2.18. The summed E-state index contributed by atoms with van der Waals surface area (Å²) in [6, 6.07) is -0.637. The van der Waals surface area contributed by atoms with Crippen molar-refractivity contribution in [2.75, 3.05) is 13.2 Å². The molecule has 2 atom stereocenters. The summed E-state index contributed by atoms with van der Waals surface area (Å²) in [5, 5.41) is 23.2. The second-order valence-corrected chi connectivity index (χ2v) is 23.9. The maximum absolute atomic E-state index is 12.5. The van der Waals surface area contributed by atoms with Gasteiger partial charge in [-0.25, -0.2) is 0 Å². The Balaban J connectivity index is 3.47. The van der Waals surface area contributed by atoms with Gasteiger partial charge in [0, 0.05) is 12.8 Å². The summed E-state index contributed by atoms with van der Waals surface area (Å²) >= 11 is 0. The number of unbranched alkanes of at least 4 members (excludes halogenated alkanes) is 48. The predicted molar refractivity (Wildman–Crippen MR) is 342 cm³/mol. The van der Waals surface area contributed by atoms with E-state index >= 15 is 0 Å². The highest BCUT2D eigenvalue weighted by Gasteiger charge is 2.18. The molecule has 0 radical (unpaired) electrons. The van der Waals surface area contributed by atoms with Gasteiger partial charge in [-0.3, -0.25) is 9.59 Å². The van der Waals surface area contributed by atoms with Crippen LogP contribution < -0.4 is 5.32 Å². The largest absolute Gasteiger partial charge is 0.466 e. The number of ether oxygens (including phenoxy) is 1. The van der Waals surface area contributed by atoms with Crippen molar-refractivity contribution in [1.29, 1.82) is 0 Å². The molecule has 1 amide bonds. The zero-order valence-electron chi connectivity index (χ0n) is 52.4. The molecule has 0 aromatic heterocycles. The summed E-state index contributed by atoms with van der Waals surface area (Å²) in [6.07, 6.45) is 87.5. The van der Waals surface area contributed by atoms with Crippen LogP contribution in [0.4, 0.5) is 0 Å². The minimum Gasteiger partial charge on any atom is -0.466 e. The third-order valence-corrected chi connectivity index (χ3v) is 16.1. The number of esters is 1. The van der Waals surface area contributed by atoms with Crippen molar-refractivity contribution >= 4 is 11.9 Å². The van der Waals surface area contributed by atoms with E-state index in [-0.39, 0.29) is 18.5 Å². The van der Waals surface area contributed by atoms with Crippen LogP contribution in [-0.2, 0) is 14.3 Å². The van der Waals surface area contributed by atoms with Gasteiger partial charge in [-0.15, -0.1) is 0 Å². The fraction of sp³-hybridized carbons (Fsp3) is 0.861. The summed E-state index contributed by atoms with van der Waals surface area (Å²) < 4.78 is 5.50. The lowest BCUT2D eigenvalue weighted by Gasteiger charge is -2.20. The summed E-state index contributed by atoms with van der Waals surface area (Å²) in [6.45, 7) is 4.92. The Bertz CT molecular complexity index is 1310. The van der Waals surface area contributed by atoms with Gasteiger partial charge in [-0.2, -0.15) is 0 Å². The van der Waals surface area contributed by atoms with Crippen LogP contribution in [0.1, 0.15) is 373 Å². The summed E-state index contributed by atoms with van der Waals surface area (Å²) in [5.74, 6) is -0.0721. The molecule has 0 rings (SSSR count). The highest BCUT2D eigenvalue weighted by molar-refractivity contribution is 5.76. The quantitative estimate of drug-likeness (QED) is 0.0320. The maximum Gasteiger partial charge on any atom is 0.305 e. The minimum absolute atomic E-state index is 0.00386. The van der Waals surface area contributed by atoms with Gasteiger partial charge in [-0.1, -0.05) is 319 Å². The second-order valence-electron chi connectivity index (χ2n) is 23.9. The third-order valence-electron chi connectivity index (χ3n) is 16.1. The average Bonchev–Trinajstić information content (AvgIpc) is 3.44. The maximum atomic E-state index is 12.5. The van der Waals surface area contributed by atoms with Gasteiger partial charge in [0.25, 0.3) is 0 Å². The van der Waals surface area contributed by atoms with Crippen LogP contribution in [0.3, 0.4) is 0 Å². The first kappa shape index (κ1) is 75.8. The van der Waals surface area contributed by atoms with Crippen LogP contribution in [0.2, 0.25) is 0 Å². The van der Waals surface area contributed by atoms with Gasteiger partial charge in [0.05, 0.1) is 25.4 Å². The zero-order chi connectivity index (χ0) is 56.4. The first-order valence-electron chi connectivity index (χ1n) is 34.9. The molecule has 458 valence electrons. The van der Waals surface area contributed by atoms with Gasteiger partial charge in [0.2, 0.25) is 5.91 Å². The van der Waals surface area contributed by atoms with E-state index in [1.54, 1.807) is 6.08 Å². The molecule has 0 aliphatic carbocycles. The van der Waals surface area contributed by atoms with Gasteiger partial charge >= 0.3 is 5.97 Å². The SMILES string of the molecule is CCCCCCCCC/C=C\CCCCCCCCCC(=O)OCCCCCCCCCCC/C=C\C/C=C\CCCCCCCCCC(=O)NC(CO)C(O)/C=C/CCCCCCCCCCCCCCCCCCCC. The molecule has 0 heterocycles. The van der Waals surface area contributed by atoms with Crippen LogP contribution >= 0.6 is 0 Å². The van der Waals surface area contributed by atoms with Crippen LogP contribution in [0.25, 0.3) is 0 Å². The molecule has 0 aromatic carbocycles. The Morgan fingerprint density at radius 3 is 0.987 bits per heavy atom. The van der Waals surface area contributed by atoms with Crippen LogP contribution in [-0.4, -0.2) is 47.4 Å². The topological polar surface area (TPSA) is 95.9 Å². The average molecular weight is 1090 g/mol. The molecule has 0 spiro atoms. The number of hydrogen-bond acceptors (Lipinski definition) is 5. The van der Waals surface area contributed by atoms with E-state index in [1.807, 2.05) is 6.08 Å². The van der Waals surface area contributed by atoms with Crippen molar-refractivity contribution in [1.82, 2.24) is 5.32 Å². The first-order chi connectivity index (χ1) is 38.5. The normalized spacial score (nSPS) is 12.8.